The molecule has 0 spiro atoms. The van der Waals surface area contributed by atoms with Crippen molar-refractivity contribution < 1.29 is 0 Å². The molecule has 0 aliphatic carbocycles. The molecule has 0 heterocycles. The molecule has 1 rings (SSSR count). The van der Waals surface area contributed by atoms with Gasteiger partial charge in [-0.05, 0) is 30.5 Å². The summed E-state index contributed by atoms with van der Waals surface area (Å²) in [5, 5.41) is 0. The summed E-state index contributed by atoms with van der Waals surface area (Å²) in [5.41, 5.74) is 6.03. The van der Waals surface area contributed by atoms with Gasteiger partial charge in [0.05, 0.1) is 0 Å². The van der Waals surface area contributed by atoms with Crippen molar-refractivity contribution in [2.24, 2.45) is 11.7 Å². The number of hydrogen-bond donors (Lipinski definition) is 1. The van der Waals surface area contributed by atoms with Gasteiger partial charge in [0.25, 0.3) is 0 Å². The zero-order chi connectivity index (χ0) is 11.3. The van der Waals surface area contributed by atoms with E-state index in [0.29, 0.717) is 12.0 Å². The maximum Gasteiger partial charge on any atom is 0.0186 e. The first-order chi connectivity index (χ1) is 7.08. The SMILES string of the molecule is CC(C)CC(N)CSc1cccc(Br)c1. The van der Waals surface area contributed by atoms with Crippen LogP contribution in [0.1, 0.15) is 20.3 Å². The molecule has 3 heteroatoms. The molecule has 0 aliphatic heterocycles. The molecular formula is C12H18BrNS. The molecule has 0 aromatic heterocycles. The number of rotatable bonds is 5. The lowest BCUT2D eigenvalue weighted by Crippen LogP contribution is -2.24. The van der Waals surface area contributed by atoms with Crippen LogP contribution in [0.25, 0.3) is 0 Å². The molecule has 0 fully saturated rings. The van der Waals surface area contributed by atoms with Gasteiger partial charge in [-0.2, -0.15) is 0 Å². The molecule has 1 unspecified atom stereocenters. The number of thioether (sulfide) groups is 1. The van der Waals surface area contributed by atoms with Crippen LogP contribution in [0, 0.1) is 5.92 Å². The second kappa shape index (κ2) is 6.56. The van der Waals surface area contributed by atoms with Crippen LogP contribution in [-0.4, -0.2) is 11.8 Å². The molecule has 0 saturated heterocycles. The van der Waals surface area contributed by atoms with Crippen molar-refractivity contribution in [2.45, 2.75) is 31.2 Å². The Morgan fingerprint density at radius 1 is 1.40 bits per heavy atom. The molecule has 0 bridgehead atoms. The third-order valence-electron chi connectivity index (χ3n) is 2.03. The number of nitrogens with two attached hydrogens (primary N) is 1. The lowest BCUT2D eigenvalue weighted by Gasteiger charge is -2.13. The van der Waals surface area contributed by atoms with Gasteiger partial charge in [-0.1, -0.05) is 35.8 Å². The molecule has 84 valence electrons. The minimum atomic E-state index is 0.300. The topological polar surface area (TPSA) is 26.0 Å². The maximum atomic E-state index is 6.03. The van der Waals surface area contributed by atoms with Gasteiger partial charge in [0.1, 0.15) is 0 Å². The van der Waals surface area contributed by atoms with E-state index < -0.39 is 0 Å². The van der Waals surface area contributed by atoms with E-state index in [4.69, 9.17) is 5.73 Å². The molecule has 2 N–H and O–H groups in total. The van der Waals surface area contributed by atoms with Gasteiger partial charge in [0, 0.05) is 21.2 Å². The van der Waals surface area contributed by atoms with Crippen molar-refractivity contribution >= 4 is 27.7 Å². The number of halogens is 1. The molecule has 1 atom stereocenters. The Bertz CT molecular complexity index is 301. The summed E-state index contributed by atoms with van der Waals surface area (Å²) in [6.07, 6.45) is 1.10. The Kier molecular flexibility index (Phi) is 5.72. The summed E-state index contributed by atoms with van der Waals surface area (Å²) in [6.45, 7) is 4.42. The molecule has 1 aromatic carbocycles. The van der Waals surface area contributed by atoms with Crippen molar-refractivity contribution in [3.63, 3.8) is 0 Å². The molecule has 0 aliphatic rings. The fourth-order valence-corrected chi connectivity index (χ4v) is 2.91. The van der Waals surface area contributed by atoms with E-state index in [2.05, 4.69) is 48.0 Å². The smallest absolute Gasteiger partial charge is 0.0186 e. The van der Waals surface area contributed by atoms with E-state index in [-0.39, 0.29) is 0 Å². The Labute approximate surface area is 105 Å². The van der Waals surface area contributed by atoms with Gasteiger partial charge in [0.15, 0.2) is 0 Å². The zero-order valence-corrected chi connectivity index (χ0v) is 11.6. The maximum absolute atomic E-state index is 6.03. The third-order valence-corrected chi connectivity index (χ3v) is 3.71. The van der Waals surface area contributed by atoms with Crippen molar-refractivity contribution in [3.8, 4) is 0 Å². The molecule has 0 saturated carbocycles. The van der Waals surface area contributed by atoms with Crippen molar-refractivity contribution in [3.05, 3.63) is 28.7 Å². The van der Waals surface area contributed by atoms with Crippen LogP contribution in [0.15, 0.2) is 33.6 Å². The number of hydrogen-bond acceptors (Lipinski definition) is 2. The van der Waals surface area contributed by atoms with E-state index in [9.17, 15) is 0 Å². The fourth-order valence-electron chi connectivity index (χ4n) is 1.43. The second-order valence-corrected chi connectivity index (χ2v) is 6.17. The summed E-state index contributed by atoms with van der Waals surface area (Å²) in [7, 11) is 0. The van der Waals surface area contributed by atoms with Crippen molar-refractivity contribution in [1.29, 1.82) is 0 Å². The van der Waals surface area contributed by atoms with Crippen LogP contribution in [0.3, 0.4) is 0 Å². The normalized spacial score (nSPS) is 13.1. The summed E-state index contributed by atoms with van der Waals surface area (Å²) in [4.78, 5) is 1.28. The summed E-state index contributed by atoms with van der Waals surface area (Å²) in [5.74, 6) is 1.68. The van der Waals surface area contributed by atoms with Crippen molar-refractivity contribution in [1.82, 2.24) is 0 Å². The molecule has 0 radical (unpaired) electrons. The van der Waals surface area contributed by atoms with E-state index in [0.717, 1.165) is 16.6 Å². The van der Waals surface area contributed by atoms with E-state index in [1.54, 1.807) is 0 Å². The average molecular weight is 288 g/mol. The highest BCUT2D eigenvalue weighted by atomic mass is 79.9. The monoisotopic (exact) mass is 287 g/mol. The Balaban J connectivity index is 2.36. The quantitative estimate of drug-likeness (QED) is 0.831. The first kappa shape index (κ1) is 13.1. The minimum absolute atomic E-state index is 0.300. The van der Waals surface area contributed by atoms with Gasteiger partial charge in [-0.15, -0.1) is 11.8 Å². The van der Waals surface area contributed by atoms with E-state index in [1.165, 1.54) is 4.90 Å². The van der Waals surface area contributed by atoms with Gasteiger partial charge in [0.2, 0.25) is 0 Å². The van der Waals surface area contributed by atoms with Crippen LogP contribution in [-0.2, 0) is 0 Å². The molecule has 0 amide bonds. The Hall–Kier alpha value is 0.01000. The predicted molar refractivity (Wildman–Crippen MR) is 72.3 cm³/mol. The van der Waals surface area contributed by atoms with Gasteiger partial charge < -0.3 is 5.73 Å². The highest BCUT2D eigenvalue weighted by Gasteiger charge is 2.06. The van der Waals surface area contributed by atoms with Crippen LogP contribution in [0.5, 0.6) is 0 Å². The van der Waals surface area contributed by atoms with Crippen LogP contribution in [0.2, 0.25) is 0 Å². The van der Waals surface area contributed by atoms with Crippen LogP contribution >= 0.6 is 27.7 Å². The average Bonchev–Trinajstić information content (AvgIpc) is 2.14. The van der Waals surface area contributed by atoms with Gasteiger partial charge in [-0.3, -0.25) is 0 Å². The van der Waals surface area contributed by atoms with Gasteiger partial charge in [-0.25, -0.2) is 0 Å². The van der Waals surface area contributed by atoms with E-state index >= 15 is 0 Å². The zero-order valence-electron chi connectivity index (χ0n) is 9.24. The fraction of sp³-hybridized carbons (Fsp3) is 0.500. The Morgan fingerprint density at radius 2 is 2.13 bits per heavy atom. The highest BCUT2D eigenvalue weighted by Crippen LogP contribution is 2.23. The lowest BCUT2D eigenvalue weighted by molar-refractivity contribution is 0.524. The van der Waals surface area contributed by atoms with Crippen molar-refractivity contribution in [2.75, 3.05) is 5.75 Å². The first-order valence-electron chi connectivity index (χ1n) is 5.22. The highest BCUT2D eigenvalue weighted by molar-refractivity contribution is 9.10. The van der Waals surface area contributed by atoms with Gasteiger partial charge >= 0.3 is 0 Å². The van der Waals surface area contributed by atoms with Crippen LogP contribution in [0.4, 0.5) is 0 Å². The number of benzene rings is 1. The standard InChI is InChI=1S/C12H18BrNS/c1-9(2)6-11(14)8-15-12-5-3-4-10(13)7-12/h3-5,7,9,11H,6,8,14H2,1-2H3. The van der Waals surface area contributed by atoms with Crippen LogP contribution < -0.4 is 5.73 Å². The molecule has 1 aromatic rings. The predicted octanol–water partition coefficient (Wildman–Crippen LogP) is 3.91. The Morgan fingerprint density at radius 3 is 2.73 bits per heavy atom. The second-order valence-electron chi connectivity index (χ2n) is 4.16. The third kappa shape index (κ3) is 5.59. The molecule has 15 heavy (non-hydrogen) atoms. The first-order valence-corrected chi connectivity index (χ1v) is 6.99. The molecular weight excluding hydrogens is 270 g/mol. The molecule has 1 nitrogen and oxygen atoms in total. The summed E-state index contributed by atoms with van der Waals surface area (Å²) >= 11 is 5.29. The lowest BCUT2D eigenvalue weighted by atomic mass is 10.1. The summed E-state index contributed by atoms with van der Waals surface area (Å²) < 4.78 is 1.13. The largest absolute Gasteiger partial charge is 0.327 e. The minimum Gasteiger partial charge on any atom is -0.327 e. The van der Waals surface area contributed by atoms with E-state index in [1.807, 2.05) is 17.8 Å². The summed E-state index contributed by atoms with van der Waals surface area (Å²) in [6, 6.07) is 8.65.